The van der Waals surface area contributed by atoms with E-state index in [2.05, 4.69) is 10.6 Å². The first-order chi connectivity index (χ1) is 21.2. The van der Waals surface area contributed by atoms with Crippen molar-refractivity contribution in [3.63, 3.8) is 0 Å². The van der Waals surface area contributed by atoms with Gasteiger partial charge in [0.1, 0.15) is 0 Å². The number of hydrogen-bond acceptors (Lipinski definition) is 10. The summed E-state index contributed by atoms with van der Waals surface area (Å²) in [6.45, 7) is 2.50. The molecule has 2 aromatic rings. The van der Waals surface area contributed by atoms with Gasteiger partial charge < -0.3 is 30.0 Å². The molecular formula is C32H40N2O8S2. The largest absolute Gasteiger partial charge is 0.504 e. The molecule has 0 spiro atoms. The van der Waals surface area contributed by atoms with Crippen LogP contribution in [0.2, 0.25) is 0 Å². The van der Waals surface area contributed by atoms with Crippen LogP contribution in [0, 0.1) is 0 Å². The number of phenolic OH excluding ortho intramolecular Hbond substituents is 1. The Morgan fingerprint density at radius 2 is 1.43 bits per heavy atom. The Hall–Kier alpha value is -3.90. The summed E-state index contributed by atoms with van der Waals surface area (Å²) in [6.07, 6.45) is 8.24. The summed E-state index contributed by atoms with van der Waals surface area (Å²) >= 11 is 0. The van der Waals surface area contributed by atoms with Crippen LogP contribution >= 0.6 is 21.6 Å². The van der Waals surface area contributed by atoms with Gasteiger partial charge in [0.2, 0.25) is 5.91 Å². The van der Waals surface area contributed by atoms with E-state index in [0.29, 0.717) is 17.5 Å². The molecular weight excluding hydrogens is 604 g/mol. The maximum Gasteiger partial charge on any atom is 0.412 e. The Bertz CT molecular complexity index is 1300. The highest BCUT2D eigenvalue weighted by Crippen LogP contribution is 2.30. The molecule has 0 aromatic heterocycles. The lowest BCUT2D eigenvalue weighted by Crippen LogP contribution is -2.36. The van der Waals surface area contributed by atoms with Crippen LogP contribution in [0.4, 0.5) is 4.79 Å². The predicted octanol–water partition coefficient (Wildman–Crippen LogP) is 5.83. The third-order valence-corrected chi connectivity index (χ3v) is 8.46. The quantitative estimate of drug-likeness (QED) is 0.0939. The molecule has 44 heavy (non-hydrogen) atoms. The number of unbranched alkanes of at least 4 members (excludes halogenated alkanes) is 1. The number of phenols is 1. The van der Waals surface area contributed by atoms with Gasteiger partial charge in [-0.15, -0.1) is 0 Å². The number of rotatable bonds is 15. The molecule has 3 rings (SSSR count). The molecule has 10 nitrogen and oxygen atoms in total. The number of methoxy groups -OCH3 is 2. The maximum absolute atomic E-state index is 12.2. The van der Waals surface area contributed by atoms with Crippen molar-refractivity contribution in [2.24, 2.45) is 0 Å². The fourth-order valence-corrected chi connectivity index (χ4v) is 5.92. The van der Waals surface area contributed by atoms with E-state index in [-0.39, 0.29) is 54.2 Å². The number of aromatic hydroxyl groups is 1. The van der Waals surface area contributed by atoms with Crippen molar-refractivity contribution < 1.29 is 38.5 Å². The summed E-state index contributed by atoms with van der Waals surface area (Å²) in [5.74, 6) is 2.63. The lowest BCUT2D eigenvalue weighted by atomic mass is 10.1. The van der Waals surface area contributed by atoms with Gasteiger partial charge in [0.25, 0.3) is 0 Å². The summed E-state index contributed by atoms with van der Waals surface area (Å²) < 4.78 is 15.6. The molecule has 0 saturated carbocycles. The minimum Gasteiger partial charge on any atom is -0.504 e. The van der Waals surface area contributed by atoms with Crippen molar-refractivity contribution in [3.8, 4) is 23.0 Å². The first kappa shape index (κ1) is 36.3. The first-order valence-corrected chi connectivity index (χ1v) is 16.7. The lowest BCUT2D eigenvalue weighted by molar-refractivity contribution is -0.122. The molecule has 3 N–H and O–H groups in total. The molecule has 1 saturated heterocycles. The van der Waals surface area contributed by atoms with E-state index in [4.69, 9.17) is 14.2 Å². The van der Waals surface area contributed by atoms with Crippen molar-refractivity contribution in [2.45, 2.75) is 39.0 Å². The second-order valence-electron chi connectivity index (χ2n) is 9.38. The minimum absolute atomic E-state index is 0.0134. The third-order valence-electron chi connectivity index (χ3n) is 5.88. The molecule has 12 heteroatoms. The Labute approximate surface area is 266 Å². The van der Waals surface area contributed by atoms with Gasteiger partial charge in [-0.2, -0.15) is 0 Å². The van der Waals surface area contributed by atoms with Gasteiger partial charge in [0.15, 0.2) is 34.6 Å². The van der Waals surface area contributed by atoms with Gasteiger partial charge in [0.05, 0.1) is 20.6 Å². The van der Waals surface area contributed by atoms with E-state index < -0.39 is 11.9 Å². The van der Waals surface area contributed by atoms with Crippen molar-refractivity contribution in [1.29, 1.82) is 0 Å². The summed E-state index contributed by atoms with van der Waals surface area (Å²) in [5, 5.41) is 14.9. The summed E-state index contributed by atoms with van der Waals surface area (Å²) in [5.41, 5.74) is 1.24. The fraction of sp³-hybridized carbons (Fsp3) is 0.375. The number of benzene rings is 2. The minimum atomic E-state index is -0.702. The number of amides is 2. The average molecular weight is 645 g/mol. The Balaban J connectivity index is 0.00000122. The van der Waals surface area contributed by atoms with E-state index in [1.54, 1.807) is 24.3 Å². The highest BCUT2D eigenvalue weighted by Gasteiger charge is 2.11. The molecule has 2 amide bonds. The van der Waals surface area contributed by atoms with Crippen LogP contribution in [-0.2, 0) is 14.4 Å². The third kappa shape index (κ3) is 14.5. The predicted molar refractivity (Wildman–Crippen MR) is 176 cm³/mol. The second kappa shape index (κ2) is 20.9. The van der Waals surface area contributed by atoms with Crippen molar-refractivity contribution >= 4 is 57.3 Å². The highest BCUT2D eigenvalue weighted by atomic mass is 33.1. The number of ketones is 2. The lowest BCUT2D eigenvalue weighted by Gasteiger charge is -2.11. The van der Waals surface area contributed by atoms with Crippen molar-refractivity contribution in [3.05, 3.63) is 59.7 Å². The van der Waals surface area contributed by atoms with E-state index in [1.165, 1.54) is 68.6 Å². The van der Waals surface area contributed by atoms with E-state index in [1.807, 2.05) is 28.5 Å². The summed E-state index contributed by atoms with van der Waals surface area (Å²) in [4.78, 5) is 48.1. The zero-order chi connectivity index (χ0) is 32.2. The smallest absolute Gasteiger partial charge is 0.412 e. The van der Waals surface area contributed by atoms with Crippen LogP contribution in [0.1, 0.15) is 50.2 Å². The van der Waals surface area contributed by atoms with Crippen LogP contribution in [0.3, 0.4) is 0 Å². The summed E-state index contributed by atoms with van der Waals surface area (Å²) in [6, 6.07) is 9.37. The van der Waals surface area contributed by atoms with E-state index in [0.717, 1.165) is 12.8 Å². The number of carbonyl (C=O) groups is 4. The molecule has 0 bridgehead atoms. The normalized spacial score (nSPS) is 12.3. The second-order valence-corrected chi connectivity index (χ2v) is 12.1. The van der Waals surface area contributed by atoms with Crippen molar-refractivity contribution in [1.82, 2.24) is 10.6 Å². The molecule has 0 aliphatic carbocycles. The van der Waals surface area contributed by atoms with Gasteiger partial charge in [0, 0.05) is 31.0 Å². The number of allylic oxidation sites excluding steroid dienone is 2. The maximum atomic E-state index is 12.2. The zero-order valence-corrected chi connectivity index (χ0v) is 26.9. The van der Waals surface area contributed by atoms with Gasteiger partial charge in [-0.3, -0.25) is 14.4 Å². The molecule has 1 fully saturated rings. The molecule has 1 heterocycles. The van der Waals surface area contributed by atoms with Gasteiger partial charge in [-0.1, -0.05) is 59.2 Å². The summed E-state index contributed by atoms with van der Waals surface area (Å²) in [7, 11) is 6.82. The topological polar surface area (TPSA) is 140 Å². The molecule has 0 unspecified atom stereocenters. The Morgan fingerprint density at radius 1 is 0.841 bits per heavy atom. The molecule has 238 valence electrons. The molecule has 2 aromatic carbocycles. The molecule has 0 atom stereocenters. The fourth-order valence-electron chi connectivity index (χ4n) is 3.56. The molecule has 0 radical (unpaired) electrons. The van der Waals surface area contributed by atoms with Crippen LogP contribution in [0.15, 0.2) is 48.6 Å². The van der Waals surface area contributed by atoms with E-state index in [9.17, 15) is 24.3 Å². The van der Waals surface area contributed by atoms with Gasteiger partial charge >= 0.3 is 6.09 Å². The van der Waals surface area contributed by atoms with E-state index >= 15 is 0 Å². The first-order valence-electron chi connectivity index (χ1n) is 14.2. The molecule has 1 aliphatic heterocycles. The number of carbonyl (C=O) groups excluding carboxylic acids is 4. The number of nitrogens with one attached hydrogen (secondary N) is 2. The monoisotopic (exact) mass is 644 g/mol. The Kier molecular flexibility index (Phi) is 17.2. The van der Waals surface area contributed by atoms with Crippen LogP contribution in [0.25, 0.3) is 12.2 Å². The average Bonchev–Trinajstić information content (AvgIpc) is 3.62. The standard InChI is InChI=1S/C29H34N2O8.C3H6S2/c1-4-5-6-28(35)30-15-16-31-29(36)39-25-14-10-21(18-27(25)38-3)8-12-23(33)19-22(32)11-7-20-9-13-24(34)26(17-20)37-2;1-2-4-5-3-1/h7-14,17-18,34H,4-6,15-16,19H2,1-3H3,(H,30,35)(H,31,36);1-3H2/b11-7+,12-8+;. The Morgan fingerprint density at radius 3 is 2.00 bits per heavy atom. The SMILES string of the molecule is C1CSSC1.CCCCC(=O)NCCNC(=O)Oc1ccc(/C=C/C(=O)CC(=O)/C=C/c2ccc(O)c(OC)c2)cc1OC. The number of ether oxygens (including phenoxy) is 3. The highest BCUT2D eigenvalue weighted by molar-refractivity contribution is 8.77. The van der Waals surface area contributed by atoms with Crippen LogP contribution in [-0.4, -0.2) is 67.5 Å². The van der Waals surface area contributed by atoms with Crippen molar-refractivity contribution in [2.75, 3.05) is 38.8 Å². The number of hydrogen-bond donors (Lipinski definition) is 3. The zero-order valence-electron chi connectivity index (χ0n) is 25.3. The van der Waals surface area contributed by atoms with Gasteiger partial charge in [-0.05, 0) is 60.4 Å². The molecule has 1 aliphatic rings. The van der Waals surface area contributed by atoms with Crippen LogP contribution < -0.4 is 24.8 Å². The van der Waals surface area contributed by atoms with Crippen LogP contribution in [0.5, 0.6) is 23.0 Å². The van der Waals surface area contributed by atoms with Gasteiger partial charge in [-0.25, -0.2) is 4.79 Å².